The molecule has 38 heavy (non-hydrogen) atoms. The van der Waals surface area contributed by atoms with Crippen LogP contribution in [0.3, 0.4) is 0 Å². The fourth-order valence-electron chi connectivity index (χ4n) is 4.80. The van der Waals surface area contributed by atoms with Gasteiger partial charge in [-0.15, -0.1) is 0 Å². The number of carbonyl (C=O) groups is 2. The maximum absolute atomic E-state index is 13.2. The van der Waals surface area contributed by atoms with Gasteiger partial charge in [0.15, 0.2) is 0 Å². The Bertz CT molecular complexity index is 1260. The lowest BCUT2D eigenvalue weighted by atomic mass is 10.0. The van der Waals surface area contributed by atoms with Crippen molar-refractivity contribution < 1.29 is 14.3 Å². The number of ether oxygens (including phenoxy) is 1. The molecule has 1 N–H and O–H groups in total. The zero-order chi connectivity index (χ0) is 27.2. The van der Waals surface area contributed by atoms with E-state index in [1.54, 1.807) is 7.11 Å². The minimum absolute atomic E-state index is 0.370. The number of carbonyl (C=O) groups excluding carboxylic acids is 2. The molecule has 0 radical (unpaired) electrons. The van der Waals surface area contributed by atoms with E-state index in [1.807, 2.05) is 47.3 Å². The van der Waals surface area contributed by atoms with Gasteiger partial charge in [0, 0.05) is 63.6 Å². The SMILES string of the molecule is COCCn1ccc(CC(C)C)c1C(=O)C(=O)Nc1ccc(N2CCN(c3cc(C)c(C)cn3)CC2)cc1. The Hall–Kier alpha value is -3.65. The van der Waals surface area contributed by atoms with E-state index in [4.69, 9.17) is 4.74 Å². The second kappa shape index (κ2) is 12.3. The lowest BCUT2D eigenvalue weighted by Gasteiger charge is -2.37. The van der Waals surface area contributed by atoms with Crippen LogP contribution in [-0.2, 0) is 22.5 Å². The van der Waals surface area contributed by atoms with Crippen molar-refractivity contribution in [1.29, 1.82) is 0 Å². The van der Waals surface area contributed by atoms with E-state index >= 15 is 0 Å². The summed E-state index contributed by atoms with van der Waals surface area (Å²) in [6.07, 6.45) is 4.54. The van der Waals surface area contributed by atoms with E-state index in [0.717, 1.165) is 49.7 Å². The van der Waals surface area contributed by atoms with Gasteiger partial charge in [0.25, 0.3) is 11.7 Å². The number of methoxy groups -OCH3 is 1. The molecule has 1 aromatic carbocycles. The Morgan fingerprint density at radius 2 is 1.68 bits per heavy atom. The van der Waals surface area contributed by atoms with Gasteiger partial charge in [-0.25, -0.2) is 4.98 Å². The Morgan fingerprint density at radius 3 is 2.32 bits per heavy atom. The minimum atomic E-state index is -0.630. The summed E-state index contributed by atoms with van der Waals surface area (Å²) >= 11 is 0. The summed E-state index contributed by atoms with van der Waals surface area (Å²) in [5.74, 6) is 0.242. The van der Waals surface area contributed by atoms with Crippen molar-refractivity contribution in [2.24, 2.45) is 5.92 Å². The number of anilines is 3. The molecule has 4 rings (SSSR count). The van der Waals surface area contributed by atoms with Crippen LogP contribution in [0.25, 0.3) is 0 Å². The minimum Gasteiger partial charge on any atom is -0.383 e. The fourth-order valence-corrected chi connectivity index (χ4v) is 4.80. The molecule has 0 spiro atoms. The van der Waals surface area contributed by atoms with Crippen LogP contribution in [0, 0.1) is 19.8 Å². The Morgan fingerprint density at radius 1 is 1.00 bits per heavy atom. The lowest BCUT2D eigenvalue weighted by Crippen LogP contribution is -2.46. The zero-order valence-corrected chi connectivity index (χ0v) is 23.2. The number of amides is 1. The predicted octanol–water partition coefficient (Wildman–Crippen LogP) is 4.49. The highest BCUT2D eigenvalue weighted by molar-refractivity contribution is 6.46. The van der Waals surface area contributed by atoms with E-state index in [2.05, 4.69) is 53.9 Å². The monoisotopic (exact) mass is 517 g/mol. The Kier molecular flexibility index (Phi) is 8.84. The van der Waals surface area contributed by atoms with Gasteiger partial charge in [-0.1, -0.05) is 13.8 Å². The second-order valence-corrected chi connectivity index (χ2v) is 10.4. The molecule has 1 fully saturated rings. The van der Waals surface area contributed by atoms with Crippen molar-refractivity contribution in [1.82, 2.24) is 9.55 Å². The first-order valence-electron chi connectivity index (χ1n) is 13.3. The average molecular weight is 518 g/mol. The number of Topliss-reactive ketones (excluding diaryl/α,β-unsaturated/α-hetero) is 1. The van der Waals surface area contributed by atoms with Gasteiger partial charge in [0.2, 0.25) is 0 Å². The standard InChI is InChI=1S/C30H39N5O3/c1-21(2)18-24-10-11-35(16-17-38-5)28(24)29(36)30(37)32-25-6-8-26(9-7-25)33-12-14-34(15-13-33)27-19-22(3)23(4)20-31-27/h6-11,19-21H,12-18H2,1-5H3,(H,32,37). The number of benzene rings is 1. The van der Waals surface area contributed by atoms with Crippen molar-refractivity contribution in [3.63, 3.8) is 0 Å². The normalized spacial score (nSPS) is 13.7. The molecule has 8 heteroatoms. The molecule has 3 aromatic rings. The van der Waals surface area contributed by atoms with Gasteiger partial charge in [-0.3, -0.25) is 9.59 Å². The van der Waals surface area contributed by atoms with Crippen LogP contribution in [0.2, 0.25) is 0 Å². The van der Waals surface area contributed by atoms with Crippen LogP contribution >= 0.6 is 0 Å². The summed E-state index contributed by atoms with van der Waals surface area (Å²) in [7, 11) is 1.62. The van der Waals surface area contributed by atoms with E-state index in [1.165, 1.54) is 11.1 Å². The first-order valence-corrected chi connectivity index (χ1v) is 13.3. The Labute approximate surface area is 225 Å². The van der Waals surface area contributed by atoms with Crippen LogP contribution in [0.1, 0.15) is 41.0 Å². The summed E-state index contributed by atoms with van der Waals surface area (Å²) in [5.41, 5.74) is 5.49. The number of aryl methyl sites for hydroxylation is 2. The largest absolute Gasteiger partial charge is 0.383 e. The molecule has 1 amide bonds. The maximum atomic E-state index is 13.2. The third kappa shape index (κ3) is 6.42. The van der Waals surface area contributed by atoms with Gasteiger partial charge in [0.05, 0.1) is 12.3 Å². The molecule has 0 bridgehead atoms. The number of nitrogens with one attached hydrogen (secondary N) is 1. The zero-order valence-electron chi connectivity index (χ0n) is 23.2. The number of hydrogen-bond donors (Lipinski definition) is 1. The third-order valence-corrected chi connectivity index (χ3v) is 7.08. The summed E-state index contributed by atoms with van der Waals surface area (Å²) in [4.78, 5) is 35.4. The molecular formula is C30H39N5O3. The molecule has 0 aliphatic carbocycles. The topological polar surface area (TPSA) is 79.7 Å². The first kappa shape index (κ1) is 27.4. The van der Waals surface area contributed by atoms with E-state index in [9.17, 15) is 9.59 Å². The number of pyridine rings is 1. The number of aromatic nitrogens is 2. The van der Waals surface area contributed by atoms with Crippen molar-refractivity contribution in [2.45, 2.75) is 40.7 Å². The molecule has 0 unspecified atom stereocenters. The fraction of sp³-hybridized carbons (Fsp3) is 0.433. The Balaban J connectivity index is 1.38. The molecule has 1 aliphatic heterocycles. The van der Waals surface area contributed by atoms with Gasteiger partial charge in [0.1, 0.15) is 5.82 Å². The van der Waals surface area contributed by atoms with Gasteiger partial charge in [-0.2, -0.15) is 0 Å². The van der Waals surface area contributed by atoms with Crippen molar-refractivity contribution in [3.8, 4) is 0 Å². The predicted molar refractivity (Wildman–Crippen MR) is 152 cm³/mol. The summed E-state index contributed by atoms with van der Waals surface area (Å²) in [6, 6.07) is 11.8. The molecule has 0 atom stereocenters. The second-order valence-electron chi connectivity index (χ2n) is 10.4. The number of nitrogens with zero attached hydrogens (tertiary/aromatic N) is 4. The molecule has 0 saturated carbocycles. The van der Waals surface area contributed by atoms with E-state index < -0.39 is 11.7 Å². The molecule has 1 aliphatic rings. The van der Waals surface area contributed by atoms with Crippen LogP contribution in [0.15, 0.2) is 48.8 Å². The van der Waals surface area contributed by atoms with Crippen molar-refractivity contribution in [2.75, 3.05) is 55.0 Å². The number of ketones is 1. The molecule has 2 aromatic heterocycles. The van der Waals surface area contributed by atoms with Gasteiger partial charge >= 0.3 is 0 Å². The number of hydrogen-bond acceptors (Lipinski definition) is 6. The highest BCUT2D eigenvalue weighted by Crippen LogP contribution is 2.23. The van der Waals surface area contributed by atoms with E-state index in [-0.39, 0.29) is 0 Å². The summed E-state index contributed by atoms with van der Waals surface area (Å²) < 4.78 is 7.00. The average Bonchev–Trinajstić information content (AvgIpc) is 3.30. The van der Waals surface area contributed by atoms with Crippen molar-refractivity contribution in [3.05, 3.63) is 71.2 Å². The number of rotatable bonds is 10. The summed E-state index contributed by atoms with van der Waals surface area (Å²) in [6.45, 7) is 12.9. The molecular weight excluding hydrogens is 478 g/mol. The highest BCUT2D eigenvalue weighted by atomic mass is 16.5. The number of piperazine rings is 1. The van der Waals surface area contributed by atoms with Gasteiger partial charge < -0.3 is 24.4 Å². The molecule has 202 valence electrons. The molecule has 1 saturated heterocycles. The van der Waals surface area contributed by atoms with Crippen molar-refractivity contribution >= 4 is 28.9 Å². The lowest BCUT2D eigenvalue weighted by molar-refractivity contribution is -0.112. The van der Waals surface area contributed by atoms with Crippen LogP contribution in [0.4, 0.5) is 17.2 Å². The highest BCUT2D eigenvalue weighted by Gasteiger charge is 2.25. The van der Waals surface area contributed by atoms with Crippen LogP contribution in [-0.4, -0.2) is 61.1 Å². The van der Waals surface area contributed by atoms with E-state index in [0.29, 0.717) is 30.5 Å². The van der Waals surface area contributed by atoms with Crippen LogP contribution < -0.4 is 15.1 Å². The van der Waals surface area contributed by atoms with Gasteiger partial charge in [-0.05, 0) is 79.3 Å². The molecule has 8 nitrogen and oxygen atoms in total. The molecule has 3 heterocycles. The van der Waals surface area contributed by atoms with Crippen LogP contribution in [0.5, 0.6) is 0 Å². The first-order chi connectivity index (χ1) is 18.3. The smallest absolute Gasteiger partial charge is 0.298 e. The third-order valence-electron chi connectivity index (χ3n) is 7.08. The summed E-state index contributed by atoms with van der Waals surface area (Å²) in [5, 5.41) is 2.79. The quantitative estimate of drug-likeness (QED) is 0.315. The maximum Gasteiger partial charge on any atom is 0.298 e.